The van der Waals surface area contributed by atoms with E-state index in [1.807, 2.05) is 19.9 Å². The highest BCUT2D eigenvalue weighted by atomic mass is 19.4. The SMILES string of the molecule is Cc1ccc(-n2c(=O)c3ccccc3n(Cc3nc(-c4ccc(C(F)(F)F)cc4)no3)c2=O)cc1C. The zero-order valence-corrected chi connectivity index (χ0v) is 19.2. The van der Waals surface area contributed by atoms with Gasteiger partial charge >= 0.3 is 11.9 Å². The van der Waals surface area contributed by atoms with E-state index in [1.54, 1.807) is 36.4 Å². The van der Waals surface area contributed by atoms with Gasteiger partial charge in [-0.1, -0.05) is 35.5 Å². The molecule has 0 unspecified atom stereocenters. The number of nitrogens with zero attached hydrogens (tertiary/aromatic N) is 4. The van der Waals surface area contributed by atoms with Crippen LogP contribution in [-0.4, -0.2) is 19.3 Å². The fourth-order valence-corrected chi connectivity index (χ4v) is 3.95. The van der Waals surface area contributed by atoms with Crippen LogP contribution in [0.4, 0.5) is 13.2 Å². The third-order valence-corrected chi connectivity index (χ3v) is 6.03. The third-order valence-electron chi connectivity index (χ3n) is 6.03. The molecular formula is C26H19F3N4O3. The van der Waals surface area contributed by atoms with Crippen LogP contribution in [-0.2, 0) is 12.7 Å². The lowest BCUT2D eigenvalue weighted by atomic mass is 10.1. The van der Waals surface area contributed by atoms with Crippen LogP contribution < -0.4 is 11.2 Å². The zero-order chi connectivity index (χ0) is 25.6. The van der Waals surface area contributed by atoms with E-state index in [4.69, 9.17) is 4.52 Å². The average Bonchev–Trinajstić information content (AvgIpc) is 3.32. The van der Waals surface area contributed by atoms with Gasteiger partial charge in [-0.25, -0.2) is 9.36 Å². The third kappa shape index (κ3) is 4.10. The molecule has 0 saturated carbocycles. The Bertz CT molecular complexity index is 1710. The molecule has 0 fully saturated rings. The summed E-state index contributed by atoms with van der Waals surface area (Å²) in [4.78, 5) is 31.1. The Hall–Kier alpha value is -4.47. The number of rotatable bonds is 4. The molecule has 0 aliphatic rings. The molecule has 36 heavy (non-hydrogen) atoms. The Morgan fingerprint density at radius 1 is 0.917 bits per heavy atom. The van der Waals surface area contributed by atoms with Crippen LogP contribution in [0, 0.1) is 13.8 Å². The van der Waals surface area contributed by atoms with Crippen molar-refractivity contribution in [2.24, 2.45) is 0 Å². The topological polar surface area (TPSA) is 82.9 Å². The van der Waals surface area contributed by atoms with E-state index < -0.39 is 23.0 Å². The van der Waals surface area contributed by atoms with E-state index >= 15 is 0 Å². The molecule has 0 aliphatic carbocycles. The van der Waals surface area contributed by atoms with Gasteiger partial charge in [-0.2, -0.15) is 18.2 Å². The molecule has 0 radical (unpaired) electrons. The van der Waals surface area contributed by atoms with E-state index in [-0.39, 0.29) is 18.3 Å². The molecule has 2 heterocycles. The first-order valence-electron chi connectivity index (χ1n) is 11.0. The Kier molecular flexibility index (Phi) is 5.58. The van der Waals surface area contributed by atoms with Gasteiger partial charge in [0.05, 0.1) is 22.2 Å². The summed E-state index contributed by atoms with van der Waals surface area (Å²) in [6.07, 6.45) is -4.46. The summed E-state index contributed by atoms with van der Waals surface area (Å²) < 4.78 is 46.3. The summed E-state index contributed by atoms with van der Waals surface area (Å²) >= 11 is 0. The standard InChI is InChI=1S/C26H19F3N4O3/c1-15-7-12-19(13-16(15)2)33-24(34)20-5-3-4-6-21(20)32(25(33)35)14-22-30-23(31-36-22)17-8-10-18(11-9-17)26(27,28)29/h3-13H,14H2,1-2H3. The van der Waals surface area contributed by atoms with Crippen molar-refractivity contribution in [3.05, 3.63) is 110 Å². The molecule has 0 aliphatic heterocycles. The predicted octanol–water partition coefficient (Wildman–Crippen LogP) is 4.89. The summed E-state index contributed by atoms with van der Waals surface area (Å²) in [5.74, 6) is 0.140. The second kappa shape index (κ2) is 8.63. The van der Waals surface area contributed by atoms with E-state index in [0.29, 0.717) is 22.2 Å². The van der Waals surface area contributed by atoms with E-state index in [0.717, 1.165) is 27.8 Å². The van der Waals surface area contributed by atoms with Crippen molar-refractivity contribution < 1.29 is 17.7 Å². The van der Waals surface area contributed by atoms with E-state index in [9.17, 15) is 22.8 Å². The normalized spacial score (nSPS) is 11.8. The molecule has 0 N–H and O–H groups in total. The van der Waals surface area contributed by atoms with Crippen LogP contribution in [0.15, 0.2) is 80.8 Å². The minimum absolute atomic E-state index is 0.0578. The fraction of sp³-hybridized carbons (Fsp3) is 0.154. The van der Waals surface area contributed by atoms with Crippen LogP contribution in [0.25, 0.3) is 28.0 Å². The van der Waals surface area contributed by atoms with Gasteiger partial charge in [0.2, 0.25) is 11.7 Å². The highest BCUT2D eigenvalue weighted by Gasteiger charge is 2.30. The molecule has 0 amide bonds. The van der Waals surface area contributed by atoms with Crippen molar-refractivity contribution >= 4 is 10.9 Å². The van der Waals surface area contributed by atoms with Crippen molar-refractivity contribution in [1.82, 2.24) is 19.3 Å². The molecule has 7 nitrogen and oxygen atoms in total. The van der Waals surface area contributed by atoms with Crippen molar-refractivity contribution in [3.8, 4) is 17.1 Å². The van der Waals surface area contributed by atoms with E-state index in [1.165, 1.54) is 16.7 Å². The van der Waals surface area contributed by atoms with Gasteiger partial charge < -0.3 is 4.52 Å². The van der Waals surface area contributed by atoms with Crippen LogP contribution in [0.2, 0.25) is 0 Å². The molecule has 0 spiro atoms. The second-order valence-electron chi connectivity index (χ2n) is 8.38. The Morgan fingerprint density at radius 3 is 2.33 bits per heavy atom. The maximum Gasteiger partial charge on any atom is 0.416 e. The lowest BCUT2D eigenvalue weighted by molar-refractivity contribution is -0.137. The molecule has 0 saturated heterocycles. The number of para-hydroxylation sites is 1. The smallest absolute Gasteiger partial charge is 0.337 e. The Labute approximate surface area is 202 Å². The first kappa shape index (κ1) is 23.3. The lowest BCUT2D eigenvalue weighted by Crippen LogP contribution is -2.39. The minimum Gasteiger partial charge on any atom is -0.337 e. The van der Waals surface area contributed by atoms with Crippen molar-refractivity contribution in [2.45, 2.75) is 26.6 Å². The summed E-state index contributed by atoms with van der Waals surface area (Å²) in [5.41, 5.74) is 1.27. The van der Waals surface area contributed by atoms with Crippen molar-refractivity contribution in [2.75, 3.05) is 0 Å². The monoisotopic (exact) mass is 492 g/mol. The van der Waals surface area contributed by atoms with Crippen LogP contribution in [0.3, 0.4) is 0 Å². The largest absolute Gasteiger partial charge is 0.416 e. The molecule has 3 aromatic carbocycles. The molecule has 0 atom stereocenters. The minimum atomic E-state index is -4.46. The van der Waals surface area contributed by atoms with Gasteiger partial charge in [0.1, 0.15) is 6.54 Å². The molecule has 2 aromatic heterocycles. The van der Waals surface area contributed by atoms with Gasteiger partial charge in [-0.05, 0) is 61.4 Å². The maximum atomic E-state index is 13.5. The number of alkyl halides is 3. The number of hydrogen-bond donors (Lipinski definition) is 0. The van der Waals surface area contributed by atoms with Crippen LogP contribution in [0.1, 0.15) is 22.6 Å². The van der Waals surface area contributed by atoms with Gasteiger partial charge in [-0.3, -0.25) is 9.36 Å². The van der Waals surface area contributed by atoms with Gasteiger partial charge in [0.15, 0.2) is 0 Å². The number of halogens is 3. The molecule has 5 aromatic rings. The van der Waals surface area contributed by atoms with Crippen LogP contribution in [0.5, 0.6) is 0 Å². The van der Waals surface area contributed by atoms with Crippen LogP contribution >= 0.6 is 0 Å². The molecule has 10 heteroatoms. The van der Waals surface area contributed by atoms with Crippen molar-refractivity contribution in [1.29, 1.82) is 0 Å². The number of hydrogen-bond acceptors (Lipinski definition) is 5. The number of aromatic nitrogens is 4. The molecule has 182 valence electrons. The highest BCUT2D eigenvalue weighted by Crippen LogP contribution is 2.30. The van der Waals surface area contributed by atoms with E-state index in [2.05, 4.69) is 10.1 Å². The first-order valence-corrected chi connectivity index (χ1v) is 11.0. The van der Waals surface area contributed by atoms with Gasteiger partial charge in [-0.15, -0.1) is 0 Å². The maximum absolute atomic E-state index is 13.5. The summed E-state index contributed by atoms with van der Waals surface area (Å²) in [5, 5.41) is 4.18. The zero-order valence-electron chi connectivity index (χ0n) is 19.2. The molecule has 5 rings (SSSR count). The fourth-order valence-electron chi connectivity index (χ4n) is 3.95. The number of aryl methyl sites for hydroxylation is 2. The average molecular weight is 492 g/mol. The summed E-state index contributed by atoms with van der Waals surface area (Å²) in [7, 11) is 0. The number of fused-ring (bicyclic) bond motifs is 1. The highest BCUT2D eigenvalue weighted by molar-refractivity contribution is 5.78. The quantitative estimate of drug-likeness (QED) is 0.357. The van der Waals surface area contributed by atoms with Gasteiger partial charge in [0, 0.05) is 5.56 Å². The lowest BCUT2D eigenvalue weighted by Gasteiger charge is -2.13. The first-order chi connectivity index (χ1) is 17.1. The van der Waals surface area contributed by atoms with Crippen molar-refractivity contribution in [3.63, 3.8) is 0 Å². The Balaban J connectivity index is 1.59. The second-order valence-corrected chi connectivity index (χ2v) is 8.38. The Morgan fingerprint density at radius 2 is 1.64 bits per heavy atom. The number of benzene rings is 3. The summed E-state index contributed by atoms with van der Waals surface area (Å²) in [6.45, 7) is 3.69. The predicted molar refractivity (Wildman–Crippen MR) is 127 cm³/mol. The molecule has 0 bridgehead atoms. The molecular weight excluding hydrogens is 473 g/mol. The summed E-state index contributed by atoms with van der Waals surface area (Å²) in [6, 6.07) is 16.4. The van der Waals surface area contributed by atoms with Gasteiger partial charge in [0.25, 0.3) is 5.56 Å².